The van der Waals surface area contributed by atoms with Crippen LogP contribution in [0, 0.1) is 16.0 Å². The van der Waals surface area contributed by atoms with Crippen LogP contribution >= 0.6 is 0 Å². The van der Waals surface area contributed by atoms with Gasteiger partial charge < -0.3 is 15.0 Å². The van der Waals surface area contributed by atoms with E-state index in [1.54, 1.807) is 18.1 Å². The molecule has 2 aromatic carbocycles. The number of para-hydroxylation sites is 1. The molecule has 0 spiro atoms. The number of hydrogen-bond donors (Lipinski definition) is 1. The van der Waals surface area contributed by atoms with Crippen molar-refractivity contribution in [2.45, 2.75) is 57.4 Å². The number of methoxy groups -OCH3 is 1. The smallest absolute Gasteiger partial charge is 0.269 e. The number of ether oxygens (including phenoxy) is 1. The number of fused-ring (bicyclic) bond motifs is 1. The number of rotatable bonds is 8. The molecule has 1 atom stereocenters. The van der Waals surface area contributed by atoms with Gasteiger partial charge in [-0.05, 0) is 42.9 Å². The Morgan fingerprint density at radius 3 is 2.68 bits per heavy atom. The molecule has 0 radical (unpaired) electrons. The zero-order chi connectivity index (χ0) is 24.1. The van der Waals surface area contributed by atoms with Gasteiger partial charge in [0.05, 0.1) is 24.5 Å². The Kier molecular flexibility index (Phi) is 7.45. The molecule has 8 heteroatoms. The molecular formula is C26H31N3O5. The monoisotopic (exact) mass is 465 g/mol. The molecule has 34 heavy (non-hydrogen) atoms. The van der Waals surface area contributed by atoms with Crippen LogP contribution in [0.3, 0.4) is 0 Å². The lowest BCUT2D eigenvalue weighted by Crippen LogP contribution is -2.44. The number of carbonyl (C=O) groups excluding carboxylic acids is 2. The Labute approximate surface area is 199 Å². The normalized spacial score (nSPS) is 18.3. The van der Waals surface area contributed by atoms with E-state index in [1.807, 2.05) is 24.3 Å². The largest absolute Gasteiger partial charge is 0.496 e. The third-order valence-electron chi connectivity index (χ3n) is 6.88. The maximum Gasteiger partial charge on any atom is 0.269 e. The molecule has 0 saturated heterocycles. The first kappa shape index (κ1) is 23.7. The highest BCUT2D eigenvalue weighted by Crippen LogP contribution is 2.38. The topological polar surface area (TPSA) is 102 Å². The Hall–Kier alpha value is -3.42. The molecule has 180 valence electrons. The molecule has 1 fully saturated rings. The molecule has 4 rings (SSSR count). The molecule has 2 aliphatic rings. The van der Waals surface area contributed by atoms with Crippen LogP contribution in [0.5, 0.6) is 5.75 Å². The predicted octanol–water partition coefficient (Wildman–Crippen LogP) is 4.71. The first-order valence-electron chi connectivity index (χ1n) is 12.0. The number of nitrogens with one attached hydrogen (secondary N) is 1. The van der Waals surface area contributed by atoms with Crippen molar-refractivity contribution in [2.75, 3.05) is 18.6 Å². The van der Waals surface area contributed by atoms with Gasteiger partial charge in [-0.15, -0.1) is 0 Å². The fourth-order valence-corrected chi connectivity index (χ4v) is 5.09. The molecule has 1 N–H and O–H groups in total. The SMILES string of the molecule is COc1ccccc1CCC(=O)NC1CC(=O)N(CC2CCCCC2)c2ccc([N+](=O)[O-])cc21. The molecule has 1 aliphatic heterocycles. The second-order valence-corrected chi connectivity index (χ2v) is 9.14. The lowest BCUT2D eigenvalue weighted by molar-refractivity contribution is -0.384. The zero-order valence-corrected chi connectivity index (χ0v) is 19.5. The number of nitrogens with zero attached hydrogens (tertiary/aromatic N) is 2. The second kappa shape index (κ2) is 10.7. The number of benzene rings is 2. The van der Waals surface area contributed by atoms with Crippen LogP contribution in [0.2, 0.25) is 0 Å². The predicted molar refractivity (Wildman–Crippen MR) is 129 cm³/mol. The van der Waals surface area contributed by atoms with Gasteiger partial charge in [-0.2, -0.15) is 0 Å². The van der Waals surface area contributed by atoms with Gasteiger partial charge in [0, 0.05) is 36.3 Å². The summed E-state index contributed by atoms with van der Waals surface area (Å²) in [6, 6.07) is 11.5. The van der Waals surface area contributed by atoms with Gasteiger partial charge in [-0.1, -0.05) is 37.5 Å². The summed E-state index contributed by atoms with van der Waals surface area (Å²) in [5.41, 5.74) is 2.19. The molecule has 2 aromatic rings. The van der Waals surface area contributed by atoms with E-state index in [0.717, 1.165) is 24.2 Å². The summed E-state index contributed by atoms with van der Waals surface area (Å²) in [4.78, 5) is 38.7. The van der Waals surface area contributed by atoms with E-state index >= 15 is 0 Å². The maximum absolute atomic E-state index is 13.1. The van der Waals surface area contributed by atoms with Crippen LogP contribution in [0.25, 0.3) is 0 Å². The maximum atomic E-state index is 13.1. The average molecular weight is 466 g/mol. The number of non-ortho nitro benzene ring substituents is 1. The number of aryl methyl sites for hydroxylation is 1. The number of nitro benzene ring substituents is 1. The summed E-state index contributed by atoms with van der Waals surface area (Å²) >= 11 is 0. The van der Waals surface area contributed by atoms with Gasteiger partial charge in [0.15, 0.2) is 0 Å². The number of hydrogen-bond acceptors (Lipinski definition) is 5. The van der Waals surface area contributed by atoms with Gasteiger partial charge in [0.1, 0.15) is 5.75 Å². The summed E-state index contributed by atoms with van der Waals surface area (Å²) in [6.07, 6.45) is 6.57. The van der Waals surface area contributed by atoms with Crippen LogP contribution in [0.1, 0.15) is 62.1 Å². The van der Waals surface area contributed by atoms with Crippen LogP contribution < -0.4 is 15.0 Å². The molecular weight excluding hydrogens is 434 g/mol. The first-order chi connectivity index (χ1) is 16.5. The molecule has 0 aromatic heterocycles. The van der Waals surface area contributed by atoms with E-state index < -0.39 is 11.0 Å². The van der Waals surface area contributed by atoms with Crippen molar-refractivity contribution < 1.29 is 19.2 Å². The number of carbonyl (C=O) groups is 2. The van der Waals surface area contributed by atoms with E-state index in [4.69, 9.17) is 4.74 Å². The fourth-order valence-electron chi connectivity index (χ4n) is 5.09. The number of anilines is 1. The van der Waals surface area contributed by atoms with Crippen molar-refractivity contribution in [3.8, 4) is 5.75 Å². The molecule has 1 aliphatic carbocycles. The Bertz CT molecular complexity index is 1060. The highest BCUT2D eigenvalue weighted by molar-refractivity contribution is 5.98. The number of amides is 2. The highest BCUT2D eigenvalue weighted by atomic mass is 16.6. The summed E-state index contributed by atoms with van der Waals surface area (Å²) < 4.78 is 5.35. The van der Waals surface area contributed by atoms with Gasteiger partial charge in [0.25, 0.3) is 5.69 Å². The summed E-state index contributed by atoms with van der Waals surface area (Å²) in [6.45, 7) is 0.623. The van der Waals surface area contributed by atoms with Crippen LogP contribution in [-0.2, 0) is 16.0 Å². The van der Waals surface area contributed by atoms with E-state index in [2.05, 4.69) is 5.32 Å². The summed E-state index contributed by atoms with van der Waals surface area (Å²) in [5, 5.41) is 14.4. The minimum atomic E-state index is -0.588. The molecule has 1 heterocycles. The van der Waals surface area contributed by atoms with E-state index in [0.29, 0.717) is 30.1 Å². The lowest BCUT2D eigenvalue weighted by atomic mass is 9.87. The summed E-state index contributed by atoms with van der Waals surface area (Å²) in [7, 11) is 1.59. The van der Waals surface area contributed by atoms with Crippen molar-refractivity contribution in [1.29, 1.82) is 0 Å². The van der Waals surface area contributed by atoms with Gasteiger partial charge in [-0.25, -0.2) is 0 Å². The minimum Gasteiger partial charge on any atom is -0.496 e. The van der Waals surface area contributed by atoms with E-state index in [9.17, 15) is 19.7 Å². The lowest BCUT2D eigenvalue weighted by Gasteiger charge is -2.37. The number of nitro groups is 1. The third kappa shape index (κ3) is 5.38. The standard InChI is InChI=1S/C26H31N3O5/c1-34-24-10-6-5-9-19(24)11-14-25(30)27-22-16-26(31)28(17-18-7-3-2-4-8-18)23-13-12-20(29(32)33)15-21(22)23/h5-6,9-10,12-13,15,18,22H,2-4,7-8,11,14,16-17H2,1H3,(H,27,30). The summed E-state index contributed by atoms with van der Waals surface area (Å²) in [5.74, 6) is 0.902. The zero-order valence-electron chi connectivity index (χ0n) is 19.5. The molecule has 1 unspecified atom stereocenters. The van der Waals surface area contributed by atoms with Crippen LogP contribution in [0.15, 0.2) is 42.5 Å². The van der Waals surface area contributed by atoms with Crippen molar-refractivity contribution in [2.24, 2.45) is 5.92 Å². The van der Waals surface area contributed by atoms with Gasteiger partial charge >= 0.3 is 0 Å². The van der Waals surface area contributed by atoms with E-state index in [1.165, 1.54) is 31.4 Å². The molecule has 2 amide bonds. The molecule has 8 nitrogen and oxygen atoms in total. The minimum absolute atomic E-state index is 0.0426. The fraction of sp³-hybridized carbons (Fsp3) is 0.462. The van der Waals surface area contributed by atoms with Crippen LogP contribution in [-0.4, -0.2) is 30.4 Å². The van der Waals surface area contributed by atoms with Gasteiger partial charge in [-0.3, -0.25) is 19.7 Å². The third-order valence-corrected chi connectivity index (χ3v) is 6.88. The first-order valence-corrected chi connectivity index (χ1v) is 12.0. The van der Waals surface area contributed by atoms with Crippen molar-refractivity contribution in [1.82, 2.24) is 5.32 Å². The van der Waals surface area contributed by atoms with E-state index in [-0.39, 0.29) is 30.3 Å². The Morgan fingerprint density at radius 1 is 1.18 bits per heavy atom. The van der Waals surface area contributed by atoms with Crippen molar-refractivity contribution >= 4 is 23.2 Å². The second-order valence-electron chi connectivity index (χ2n) is 9.14. The van der Waals surface area contributed by atoms with Crippen molar-refractivity contribution in [3.05, 3.63) is 63.7 Å². The van der Waals surface area contributed by atoms with Crippen molar-refractivity contribution in [3.63, 3.8) is 0 Å². The van der Waals surface area contributed by atoms with Crippen LogP contribution in [0.4, 0.5) is 11.4 Å². The molecule has 0 bridgehead atoms. The highest BCUT2D eigenvalue weighted by Gasteiger charge is 2.34. The average Bonchev–Trinajstić information content (AvgIpc) is 2.85. The molecule has 1 saturated carbocycles. The Morgan fingerprint density at radius 2 is 1.94 bits per heavy atom. The van der Waals surface area contributed by atoms with Gasteiger partial charge in [0.2, 0.25) is 11.8 Å². The quantitative estimate of drug-likeness (QED) is 0.449. The Balaban J connectivity index is 1.52.